The number of thiophene rings is 1. The maximum atomic E-state index is 13.8. The van der Waals surface area contributed by atoms with Crippen LogP contribution in [0.4, 0.5) is 10.7 Å². The molecule has 1 heterocycles. The molecule has 0 bridgehead atoms. The van der Waals surface area contributed by atoms with Crippen LogP contribution >= 0.6 is 23.1 Å². The molecule has 0 radical (unpaired) electrons. The average Bonchev–Trinajstić information content (AvgIpc) is 3.59. The van der Waals surface area contributed by atoms with Gasteiger partial charge in [0, 0.05) is 27.1 Å². The lowest BCUT2D eigenvalue weighted by Gasteiger charge is -2.16. The van der Waals surface area contributed by atoms with Crippen molar-refractivity contribution in [3.8, 4) is 34.4 Å². The van der Waals surface area contributed by atoms with Gasteiger partial charge in [-0.25, -0.2) is 0 Å². The molecule has 3 amide bonds. The van der Waals surface area contributed by atoms with E-state index in [0.717, 1.165) is 16.0 Å². The highest BCUT2D eigenvalue weighted by molar-refractivity contribution is 8.00. The van der Waals surface area contributed by atoms with Crippen molar-refractivity contribution < 1.29 is 28.6 Å². The number of hydrogen-bond donors (Lipinski definition) is 3. The number of nitrogens with one attached hydrogen (secondary N) is 3. The van der Waals surface area contributed by atoms with Gasteiger partial charge in [-0.05, 0) is 66.1 Å². The predicted molar refractivity (Wildman–Crippen MR) is 206 cm³/mol. The van der Waals surface area contributed by atoms with E-state index < -0.39 is 17.1 Å². The Morgan fingerprint density at radius 1 is 0.865 bits per heavy atom. The van der Waals surface area contributed by atoms with Gasteiger partial charge in [-0.3, -0.25) is 14.4 Å². The molecule has 1 unspecified atom stereocenters. The minimum absolute atomic E-state index is 0.0360. The molecule has 0 aliphatic carbocycles. The molecule has 1 atom stereocenters. The van der Waals surface area contributed by atoms with E-state index in [4.69, 9.17) is 14.2 Å². The fourth-order valence-electron chi connectivity index (χ4n) is 5.21. The second-order valence-corrected chi connectivity index (χ2v) is 13.3. The number of carbonyl (C=O) groups is 3. The summed E-state index contributed by atoms with van der Waals surface area (Å²) in [5.41, 5.74) is 3.38. The van der Waals surface area contributed by atoms with Crippen LogP contribution in [0, 0.1) is 11.3 Å². The zero-order valence-corrected chi connectivity index (χ0v) is 30.5. The lowest BCUT2D eigenvalue weighted by molar-refractivity contribution is -0.116. The molecule has 52 heavy (non-hydrogen) atoms. The summed E-state index contributed by atoms with van der Waals surface area (Å²) in [6, 6.07) is 30.8. The number of anilines is 2. The summed E-state index contributed by atoms with van der Waals surface area (Å²) >= 11 is 2.65. The Labute approximate surface area is 310 Å². The molecule has 5 rings (SSSR count). The lowest BCUT2D eigenvalue weighted by Crippen LogP contribution is -2.30. The van der Waals surface area contributed by atoms with Crippen molar-refractivity contribution in [3.05, 3.63) is 125 Å². The first kappa shape index (κ1) is 37.2. The van der Waals surface area contributed by atoms with Crippen LogP contribution in [0.3, 0.4) is 0 Å². The van der Waals surface area contributed by atoms with Gasteiger partial charge in [0.05, 0.1) is 32.1 Å². The highest BCUT2D eigenvalue weighted by atomic mass is 32.2. The van der Waals surface area contributed by atoms with Crippen LogP contribution in [0.15, 0.2) is 113 Å². The third-order valence-corrected chi connectivity index (χ3v) is 10.0. The summed E-state index contributed by atoms with van der Waals surface area (Å²) in [4.78, 5) is 41.2. The Balaban J connectivity index is 1.36. The van der Waals surface area contributed by atoms with Crippen molar-refractivity contribution in [2.75, 3.05) is 32.0 Å². The zero-order chi connectivity index (χ0) is 37.0. The second-order valence-electron chi connectivity index (χ2n) is 11.2. The van der Waals surface area contributed by atoms with Gasteiger partial charge in [0.1, 0.15) is 16.8 Å². The maximum Gasteiger partial charge on any atom is 0.272 e. The number of carbonyl (C=O) groups excluding carboxylic acids is 3. The number of hydrogen-bond acceptors (Lipinski definition) is 9. The minimum Gasteiger partial charge on any atom is -0.493 e. The molecule has 0 aliphatic heterocycles. The van der Waals surface area contributed by atoms with Gasteiger partial charge < -0.3 is 30.2 Å². The summed E-state index contributed by atoms with van der Waals surface area (Å²) in [5, 5.41) is 20.4. The van der Waals surface area contributed by atoms with Crippen molar-refractivity contribution in [2.45, 2.75) is 23.5 Å². The van der Waals surface area contributed by atoms with Gasteiger partial charge in [-0.2, -0.15) is 5.26 Å². The Morgan fingerprint density at radius 2 is 1.54 bits per heavy atom. The second kappa shape index (κ2) is 17.8. The quantitative estimate of drug-likeness (QED) is 0.0767. The average molecular weight is 733 g/mol. The Kier molecular flexibility index (Phi) is 12.7. The summed E-state index contributed by atoms with van der Waals surface area (Å²) in [6.07, 6.45) is 2.03. The van der Waals surface area contributed by atoms with Gasteiger partial charge in [0.25, 0.3) is 11.8 Å². The SMILES string of the molecule is CCC(Sc1cccc(NC(=O)/C(=C\c2cc(OC)c(OC)c(OC)c2)NC(=O)c2ccccc2)c1)C(=O)Nc1scc(-c2ccccc2)c1C#N. The van der Waals surface area contributed by atoms with E-state index in [1.807, 2.05) is 48.7 Å². The van der Waals surface area contributed by atoms with Crippen LogP contribution < -0.4 is 30.2 Å². The van der Waals surface area contributed by atoms with Gasteiger partial charge in [-0.15, -0.1) is 23.1 Å². The van der Waals surface area contributed by atoms with Crippen LogP contribution in [0.2, 0.25) is 0 Å². The number of rotatable bonds is 14. The Bertz CT molecular complexity index is 2100. The van der Waals surface area contributed by atoms with Crippen molar-refractivity contribution in [3.63, 3.8) is 0 Å². The van der Waals surface area contributed by atoms with Crippen molar-refractivity contribution in [1.29, 1.82) is 5.26 Å². The number of methoxy groups -OCH3 is 3. The van der Waals surface area contributed by atoms with Crippen LogP contribution in [0.5, 0.6) is 17.2 Å². The van der Waals surface area contributed by atoms with E-state index in [2.05, 4.69) is 22.0 Å². The number of benzene rings is 4. The summed E-state index contributed by atoms with van der Waals surface area (Å²) in [7, 11) is 4.47. The minimum atomic E-state index is -0.582. The van der Waals surface area contributed by atoms with E-state index in [1.165, 1.54) is 50.5 Å². The van der Waals surface area contributed by atoms with Crippen LogP contribution in [-0.4, -0.2) is 44.3 Å². The van der Waals surface area contributed by atoms with Crippen LogP contribution in [-0.2, 0) is 9.59 Å². The molecule has 4 aromatic carbocycles. The standard InChI is InChI=1S/C40H36N4O6S2/c1-5-35(39(47)44-40-30(23-41)31(24-51-40)26-13-8-6-9-14-26)52-29-18-12-17-28(22-29)42-38(46)32(43-37(45)27-15-10-7-11-16-27)19-25-20-33(48-2)36(50-4)34(21-25)49-3/h6-22,24,35H,5H2,1-4H3,(H,42,46)(H,43,45)(H,44,47)/b32-19+. The summed E-state index contributed by atoms with van der Waals surface area (Å²) < 4.78 is 16.4. The third kappa shape index (κ3) is 9.00. The van der Waals surface area contributed by atoms with E-state index >= 15 is 0 Å². The van der Waals surface area contributed by atoms with Crippen molar-refractivity contribution in [1.82, 2.24) is 5.32 Å². The number of ether oxygens (including phenoxy) is 3. The predicted octanol–water partition coefficient (Wildman–Crippen LogP) is 8.23. The van der Waals surface area contributed by atoms with E-state index in [1.54, 1.807) is 60.7 Å². The fraction of sp³-hybridized carbons (Fsp3) is 0.150. The Hall–Kier alpha value is -6.03. The van der Waals surface area contributed by atoms with E-state index in [9.17, 15) is 19.6 Å². The molecule has 10 nitrogen and oxygen atoms in total. The van der Waals surface area contributed by atoms with Gasteiger partial charge >= 0.3 is 0 Å². The molecule has 3 N–H and O–H groups in total. The number of nitriles is 1. The zero-order valence-electron chi connectivity index (χ0n) is 28.9. The van der Waals surface area contributed by atoms with E-state index in [-0.39, 0.29) is 11.6 Å². The molecule has 0 spiro atoms. The fourth-order valence-corrected chi connectivity index (χ4v) is 7.15. The third-order valence-electron chi connectivity index (χ3n) is 7.78. The number of nitrogens with zero attached hydrogens (tertiary/aromatic N) is 1. The van der Waals surface area contributed by atoms with Gasteiger partial charge in [0.2, 0.25) is 11.7 Å². The molecule has 0 fully saturated rings. The van der Waals surface area contributed by atoms with Crippen molar-refractivity contribution >= 4 is 57.6 Å². The van der Waals surface area contributed by atoms with Gasteiger partial charge in [-0.1, -0.05) is 61.5 Å². The van der Waals surface area contributed by atoms with Crippen LogP contribution in [0.1, 0.15) is 34.8 Å². The molecular formula is C40H36N4O6S2. The number of amides is 3. The summed E-state index contributed by atoms with van der Waals surface area (Å²) in [5.74, 6) is -0.161. The summed E-state index contributed by atoms with van der Waals surface area (Å²) in [6.45, 7) is 1.91. The van der Waals surface area contributed by atoms with Crippen molar-refractivity contribution in [2.24, 2.45) is 0 Å². The Morgan fingerprint density at radius 3 is 2.15 bits per heavy atom. The molecule has 0 saturated heterocycles. The molecule has 1 aromatic heterocycles. The molecular weight excluding hydrogens is 697 g/mol. The first-order valence-electron chi connectivity index (χ1n) is 16.1. The number of thioether (sulfide) groups is 1. The molecule has 264 valence electrons. The topological polar surface area (TPSA) is 139 Å². The van der Waals surface area contributed by atoms with Crippen LogP contribution in [0.25, 0.3) is 17.2 Å². The molecule has 0 saturated carbocycles. The molecule has 12 heteroatoms. The monoisotopic (exact) mass is 732 g/mol. The smallest absolute Gasteiger partial charge is 0.272 e. The van der Waals surface area contributed by atoms with Gasteiger partial charge in [0.15, 0.2) is 11.5 Å². The molecule has 5 aromatic rings. The highest BCUT2D eigenvalue weighted by Gasteiger charge is 2.23. The maximum absolute atomic E-state index is 13.8. The normalized spacial score (nSPS) is 11.5. The van der Waals surface area contributed by atoms with E-state index in [0.29, 0.717) is 51.0 Å². The largest absolute Gasteiger partial charge is 0.493 e. The first-order chi connectivity index (χ1) is 25.3. The first-order valence-corrected chi connectivity index (χ1v) is 17.9. The lowest BCUT2D eigenvalue weighted by atomic mass is 10.1. The molecule has 0 aliphatic rings. The highest BCUT2D eigenvalue weighted by Crippen LogP contribution is 2.39.